The summed E-state index contributed by atoms with van der Waals surface area (Å²) in [6.07, 6.45) is -0.209. The minimum atomic E-state index is -0.657. The van der Waals surface area contributed by atoms with Crippen LogP contribution in [0.2, 0.25) is 0 Å². The maximum Gasteiger partial charge on any atom is 0.311 e. The van der Waals surface area contributed by atoms with Crippen molar-refractivity contribution in [3.05, 3.63) is 39.9 Å². The molecule has 1 aromatic rings. The Bertz CT molecular complexity index is 450. The lowest BCUT2D eigenvalue weighted by Gasteiger charge is -2.01. The summed E-state index contributed by atoms with van der Waals surface area (Å²) in [5.74, 6) is -0.657. The Balaban J connectivity index is 2.77. The van der Waals surface area contributed by atoms with E-state index in [1.165, 1.54) is 18.2 Å². The molecule has 0 atom stereocenters. The van der Waals surface area contributed by atoms with Gasteiger partial charge in [0.1, 0.15) is 6.07 Å². The topological polar surface area (TPSA) is 93.2 Å². The molecule has 0 aliphatic carbocycles. The van der Waals surface area contributed by atoms with Crippen molar-refractivity contribution in [1.82, 2.24) is 0 Å². The highest BCUT2D eigenvalue weighted by molar-refractivity contribution is 5.74. The van der Waals surface area contributed by atoms with Crippen molar-refractivity contribution in [2.24, 2.45) is 0 Å². The zero-order chi connectivity index (χ0) is 12.0. The van der Waals surface area contributed by atoms with Crippen molar-refractivity contribution in [1.29, 1.82) is 5.26 Å². The van der Waals surface area contributed by atoms with Crippen molar-refractivity contribution in [3.8, 4) is 6.07 Å². The zero-order valence-electron chi connectivity index (χ0n) is 8.25. The Morgan fingerprint density at radius 3 is 2.81 bits per heavy atom. The summed E-state index contributed by atoms with van der Waals surface area (Å²) in [6.45, 7) is -0.348. The summed E-state index contributed by atoms with van der Waals surface area (Å²) in [7, 11) is 0. The molecule has 0 saturated carbocycles. The summed E-state index contributed by atoms with van der Waals surface area (Å²) in [5, 5.41) is 18.8. The second kappa shape index (κ2) is 5.46. The van der Waals surface area contributed by atoms with Crippen molar-refractivity contribution >= 4 is 11.7 Å². The van der Waals surface area contributed by atoms with E-state index in [1.807, 2.05) is 0 Å². The van der Waals surface area contributed by atoms with Gasteiger partial charge in [-0.2, -0.15) is 5.26 Å². The van der Waals surface area contributed by atoms with E-state index in [0.29, 0.717) is 0 Å². The summed E-state index contributed by atoms with van der Waals surface area (Å²) in [4.78, 5) is 21.2. The number of ether oxygens (including phenoxy) is 1. The number of carbonyl (C=O) groups excluding carboxylic acids is 1. The van der Waals surface area contributed by atoms with Crippen LogP contribution in [0.3, 0.4) is 0 Å². The number of nitriles is 1. The van der Waals surface area contributed by atoms with Gasteiger partial charge < -0.3 is 4.74 Å². The Morgan fingerprint density at radius 2 is 2.19 bits per heavy atom. The molecule has 0 heterocycles. The smallest absolute Gasteiger partial charge is 0.311 e. The van der Waals surface area contributed by atoms with E-state index < -0.39 is 10.9 Å². The van der Waals surface area contributed by atoms with Gasteiger partial charge in [0.15, 0.2) is 6.61 Å². The van der Waals surface area contributed by atoms with Crippen LogP contribution in [0.4, 0.5) is 5.69 Å². The molecule has 0 aliphatic rings. The molecule has 0 unspecified atom stereocenters. The standard InChI is InChI=1S/C10H8N2O4/c11-5-6-16-10(13)7-8-3-1-2-4-9(8)12(14)15/h1-4H,6-7H2. The number of hydrogen-bond acceptors (Lipinski definition) is 5. The van der Waals surface area contributed by atoms with E-state index >= 15 is 0 Å². The number of benzene rings is 1. The average molecular weight is 220 g/mol. The lowest BCUT2D eigenvalue weighted by molar-refractivity contribution is -0.385. The number of rotatable bonds is 4. The predicted octanol–water partition coefficient (Wildman–Crippen LogP) is 1.20. The third-order valence-corrected chi connectivity index (χ3v) is 1.82. The predicted molar refractivity (Wildman–Crippen MR) is 53.4 cm³/mol. The first-order valence-electron chi connectivity index (χ1n) is 4.40. The second-order valence-electron chi connectivity index (χ2n) is 2.88. The summed E-state index contributed by atoms with van der Waals surface area (Å²) < 4.78 is 4.51. The third kappa shape index (κ3) is 3.06. The van der Waals surface area contributed by atoms with Gasteiger partial charge in [-0.05, 0) is 0 Å². The fraction of sp³-hybridized carbons (Fsp3) is 0.200. The molecular formula is C10H8N2O4. The molecule has 1 rings (SSSR count). The minimum absolute atomic E-state index is 0.128. The third-order valence-electron chi connectivity index (χ3n) is 1.82. The molecule has 82 valence electrons. The summed E-state index contributed by atoms with van der Waals surface area (Å²) in [6, 6.07) is 7.55. The first-order valence-corrected chi connectivity index (χ1v) is 4.40. The van der Waals surface area contributed by atoms with Crippen LogP contribution in [0.5, 0.6) is 0 Å². The second-order valence-corrected chi connectivity index (χ2v) is 2.88. The minimum Gasteiger partial charge on any atom is -0.450 e. The van der Waals surface area contributed by atoms with Gasteiger partial charge in [-0.15, -0.1) is 0 Å². The van der Waals surface area contributed by atoms with E-state index in [4.69, 9.17) is 5.26 Å². The van der Waals surface area contributed by atoms with E-state index in [-0.39, 0.29) is 24.3 Å². The molecule has 0 bridgehead atoms. The summed E-state index contributed by atoms with van der Waals surface area (Å²) >= 11 is 0. The van der Waals surface area contributed by atoms with Crippen molar-refractivity contribution in [2.45, 2.75) is 6.42 Å². The Kier molecular flexibility index (Phi) is 3.98. The van der Waals surface area contributed by atoms with Crippen molar-refractivity contribution < 1.29 is 14.5 Å². The molecule has 0 amide bonds. The van der Waals surface area contributed by atoms with Crippen LogP contribution in [0.15, 0.2) is 24.3 Å². The molecule has 1 aromatic carbocycles. The lowest BCUT2D eigenvalue weighted by Crippen LogP contribution is -2.09. The first kappa shape index (κ1) is 11.7. The van der Waals surface area contributed by atoms with Gasteiger partial charge in [-0.25, -0.2) is 0 Å². The first-order chi connectivity index (χ1) is 7.65. The van der Waals surface area contributed by atoms with Gasteiger partial charge in [0.25, 0.3) is 5.69 Å². The largest absolute Gasteiger partial charge is 0.450 e. The van der Waals surface area contributed by atoms with Crippen LogP contribution < -0.4 is 0 Å². The number of nitro groups is 1. The van der Waals surface area contributed by atoms with Crippen LogP contribution in [-0.2, 0) is 16.0 Å². The number of hydrogen-bond donors (Lipinski definition) is 0. The Hall–Kier alpha value is -2.42. The molecule has 0 N–H and O–H groups in total. The molecular weight excluding hydrogens is 212 g/mol. The van der Waals surface area contributed by atoms with Gasteiger partial charge in [-0.3, -0.25) is 14.9 Å². The fourth-order valence-corrected chi connectivity index (χ4v) is 1.16. The maximum absolute atomic E-state index is 11.2. The normalized spacial score (nSPS) is 9.19. The van der Waals surface area contributed by atoms with Crippen molar-refractivity contribution in [3.63, 3.8) is 0 Å². The molecule has 0 aromatic heterocycles. The molecule has 6 heteroatoms. The molecule has 0 spiro atoms. The van der Waals surface area contributed by atoms with Gasteiger partial charge in [0.2, 0.25) is 0 Å². The molecule has 16 heavy (non-hydrogen) atoms. The Morgan fingerprint density at radius 1 is 1.50 bits per heavy atom. The van der Waals surface area contributed by atoms with E-state index in [1.54, 1.807) is 12.1 Å². The highest BCUT2D eigenvalue weighted by Crippen LogP contribution is 2.18. The van der Waals surface area contributed by atoms with E-state index in [2.05, 4.69) is 4.74 Å². The molecule has 0 saturated heterocycles. The molecule has 6 nitrogen and oxygen atoms in total. The SMILES string of the molecule is N#CCOC(=O)Cc1ccccc1[N+](=O)[O-]. The van der Waals surface area contributed by atoms with E-state index in [9.17, 15) is 14.9 Å². The molecule has 0 aliphatic heterocycles. The zero-order valence-corrected chi connectivity index (χ0v) is 8.25. The van der Waals surface area contributed by atoms with Crippen molar-refractivity contribution in [2.75, 3.05) is 6.61 Å². The van der Waals surface area contributed by atoms with E-state index in [0.717, 1.165) is 0 Å². The number of nitrogens with zero attached hydrogens (tertiary/aromatic N) is 2. The van der Waals surface area contributed by atoms with Crippen LogP contribution in [0.25, 0.3) is 0 Å². The highest BCUT2D eigenvalue weighted by atomic mass is 16.6. The lowest BCUT2D eigenvalue weighted by atomic mass is 10.1. The molecule has 0 radical (unpaired) electrons. The van der Waals surface area contributed by atoms with Gasteiger partial charge in [0, 0.05) is 11.6 Å². The van der Waals surface area contributed by atoms with Gasteiger partial charge in [0.05, 0.1) is 11.3 Å². The van der Waals surface area contributed by atoms with Gasteiger partial charge in [-0.1, -0.05) is 18.2 Å². The maximum atomic E-state index is 11.2. The van der Waals surface area contributed by atoms with Crippen LogP contribution in [-0.4, -0.2) is 17.5 Å². The number of nitro benzene ring substituents is 1. The fourth-order valence-electron chi connectivity index (χ4n) is 1.16. The van der Waals surface area contributed by atoms with Crippen LogP contribution in [0.1, 0.15) is 5.56 Å². The molecule has 0 fully saturated rings. The average Bonchev–Trinajstić information content (AvgIpc) is 2.27. The van der Waals surface area contributed by atoms with Crippen LogP contribution in [0, 0.1) is 21.4 Å². The number of esters is 1. The highest BCUT2D eigenvalue weighted by Gasteiger charge is 2.15. The Labute approximate surface area is 91.2 Å². The quantitative estimate of drug-likeness (QED) is 0.431. The van der Waals surface area contributed by atoms with Crippen LogP contribution >= 0.6 is 0 Å². The monoisotopic (exact) mass is 220 g/mol. The van der Waals surface area contributed by atoms with Gasteiger partial charge >= 0.3 is 5.97 Å². The number of para-hydroxylation sites is 1. The number of carbonyl (C=O) groups is 1. The summed E-state index contributed by atoms with van der Waals surface area (Å²) in [5.41, 5.74) is 0.145.